The summed E-state index contributed by atoms with van der Waals surface area (Å²) in [7, 11) is 0. The van der Waals surface area contributed by atoms with Crippen molar-refractivity contribution in [3.8, 4) is 0 Å². The molecule has 0 aliphatic carbocycles. The monoisotopic (exact) mass is 284 g/mol. The van der Waals surface area contributed by atoms with Crippen molar-refractivity contribution in [1.82, 2.24) is 4.90 Å². The number of amides is 2. The van der Waals surface area contributed by atoms with E-state index in [2.05, 4.69) is 0 Å². The van der Waals surface area contributed by atoms with Gasteiger partial charge in [-0.15, -0.1) is 0 Å². The summed E-state index contributed by atoms with van der Waals surface area (Å²) in [6, 6.07) is 1.49. The highest BCUT2D eigenvalue weighted by Gasteiger charge is 2.28. The molecule has 2 unspecified atom stereocenters. The predicted octanol–water partition coefficient (Wildman–Crippen LogP) is -0.201. The van der Waals surface area contributed by atoms with Crippen LogP contribution in [-0.4, -0.2) is 35.8 Å². The molecule has 1 aromatic rings. The predicted molar refractivity (Wildman–Crippen MR) is 75.3 cm³/mol. The van der Waals surface area contributed by atoms with E-state index in [0.29, 0.717) is 6.42 Å². The zero-order valence-corrected chi connectivity index (χ0v) is 11.7. The first-order chi connectivity index (χ1) is 8.95. The lowest BCUT2D eigenvalue weighted by Crippen LogP contribution is -2.47. The van der Waals surface area contributed by atoms with Crippen molar-refractivity contribution in [3.63, 3.8) is 0 Å². The molecule has 106 valence electrons. The molecule has 7 heteroatoms. The third kappa shape index (κ3) is 4.62. The summed E-state index contributed by atoms with van der Waals surface area (Å²) < 4.78 is 0. The fourth-order valence-corrected chi connectivity index (χ4v) is 2.74. The number of nitrogens with two attached hydrogens (primary N) is 3. The summed E-state index contributed by atoms with van der Waals surface area (Å²) in [4.78, 5) is 24.0. The van der Waals surface area contributed by atoms with Gasteiger partial charge >= 0.3 is 0 Å². The fourth-order valence-electron chi connectivity index (χ4n) is 2.05. The molecule has 0 aliphatic heterocycles. The van der Waals surface area contributed by atoms with Gasteiger partial charge < -0.3 is 17.2 Å². The van der Waals surface area contributed by atoms with Crippen molar-refractivity contribution < 1.29 is 9.59 Å². The van der Waals surface area contributed by atoms with Crippen molar-refractivity contribution in [2.45, 2.75) is 25.4 Å². The maximum Gasteiger partial charge on any atom is 0.231 e. The van der Waals surface area contributed by atoms with Crippen LogP contribution in [-0.2, 0) is 9.59 Å². The van der Waals surface area contributed by atoms with Crippen molar-refractivity contribution in [3.05, 3.63) is 22.4 Å². The number of hydrogen-bond donors (Lipinski definition) is 3. The second-order valence-corrected chi connectivity index (χ2v) is 5.19. The molecule has 6 N–H and O–H groups in total. The van der Waals surface area contributed by atoms with E-state index in [1.807, 2.05) is 23.8 Å². The highest BCUT2D eigenvalue weighted by molar-refractivity contribution is 7.07. The zero-order valence-electron chi connectivity index (χ0n) is 10.9. The molecule has 0 saturated heterocycles. The number of nitrogens with zero attached hydrogens (tertiary/aromatic N) is 1. The molecule has 0 aliphatic rings. The summed E-state index contributed by atoms with van der Waals surface area (Å²) in [5.41, 5.74) is 17.6. The summed E-state index contributed by atoms with van der Waals surface area (Å²) in [6.07, 6.45) is 0.717. The quantitative estimate of drug-likeness (QED) is 0.613. The molecule has 1 aromatic heterocycles. The van der Waals surface area contributed by atoms with Crippen molar-refractivity contribution in [1.29, 1.82) is 0 Å². The smallest absolute Gasteiger partial charge is 0.231 e. The van der Waals surface area contributed by atoms with Crippen LogP contribution in [0.4, 0.5) is 0 Å². The number of hydrogen-bond acceptors (Lipinski definition) is 5. The van der Waals surface area contributed by atoms with Gasteiger partial charge in [-0.2, -0.15) is 11.3 Å². The summed E-state index contributed by atoms with van der Waals surface area (Å²) in [5.74, 6) is -1.02. The second kappa shape index (κ2) is 7.22. The molecule has 1 rings (SSSR count). The van der Waals surface area contributed by atoms with Gasteiger partial charge in [-0.3, -0.25) is 14.5 Å². The molecule has 0 spiro atoms. The van der Waals surface area contributed by atoms with Crippen LogP contribution >= 0.6 is 11.3 Å². The molecule has 19 heavy (non-hydrogen) atoms. The van der Waals surface area contributed by atoms with E-state index in [-0.39, 0.29) is 25.2 Å². The lowest BCUT2D eigenvalue weighted by Gasteiger charge is -2.33. The molecule has 2 amide bonds. The molecule has 0 radical (unpaired) electrons. The number of primary amides is 2. The molecule has 0 bridgehead atoms. The van der Waals surface area contributed by atoms with Crippen LogP contribution in [0.5, 0.6) is 0 Å². The van der Waals surface area contributed by atoms with E-state index in [1.165, 1.54) is 11.3 Å². The van der Waals surface area contributed by atoms with Gasteiger partial charge in [-0.25, -0.2) is 0 Å². The molecule has 0 saturated carbocycles. The number of carbonyl (C=O) groups excluding carboxylic acids is 2. The molecule has 6 nitrogen and oxygen atoms in total. The third-order valence-electron chi connectivity index (χ3n) is 2.87. The first-order valence-electron chi connectivity index (χ1n) is 6.04. The van der Waals surface area contributed by atoms with Gasteiger partial charge in [0.25, 0.3) is 0 Å². The average molecular weight is 284 g/mol. The average Bonchev–Trinajstić information content (AvgIpc) is 2.80. The van der Waals surface area contributed by atoms with Crippen LogP contribution in [0.15, 0.2) is 16.8 Å². The Hall–Kier alpha value is -1.44. The molecule has 0 fully saturated rings. The second-order valence-electron chi connectivity index (χ2n) is 4.41. The first-order valence-corrected chi connectivity index (χ1v) is 6.98. The Kier molecular flexibility index (Phi) is 5.94. The fraction of sp³-hybridized carbons (Fsp3) is 0.500. The van der Waals surface area contributed by atoms with Crippen LogP contribution in [0.2, 0.25) is 0 Å². The van der Waals surface area contributed by atoms with Crippen molar-refractivity contribution >= 4 is 23.2 Å². The van der Waals surface area contributed by atoms with E-state index < -0.39 is 11.8 Å². The Balaban J connectivity index is 3.02. The minimum absolute atomic E-state index is 0.0445. The Labute approximate surface area is 116 Å². The third-order valence-corrected chi connectivity index (χ3v) is 3.57. The van der Waals surface area contributed by atoms with Gasteiger partial charge in [0, 0.05) is 6.04 Å². The molecular formula is C12H20N4O2S. The van der Waals surface area contributed by atoms with E-state index in [1.54, 1.807) is 4.90 Å². The maximum atomic E-state index is 11.2. The summed E-state index contributed by atoms with van der Waals surface area (Å²) in [5, 5.41) is 3.88. The van der Waals surface area contributed by atoms with Gasteiger partial charge in [-0.1, -0.05) is 6.92 Å². The largest absolute Gasteiger partial charge is 0.369 e. The van der Waals surface area contributed by atoms with Gasteiger partial charge in [0.1, 0.15) is 0 Å². The molecular weight excluding hydrogens is 264 g/mol. The van der Waals surface area contributed by atoms with E-state index in [0.717, 1.165) is 5.56 Å². The maximum absolute atomic E-state index is 11.2. The number of carbonyl (C=O) groups is 2. The van der Waals surface area contributed by atoms with Crippen LogP contribution in [0, 0.1) is 0 Å². The zero-order chi connectivity index (χ0) is 14.4. The van der Waals surface area contributed by atoms with E-state index >= 15 is 0 Å². The van der Waals surface area contributed by atoms with Crippen LogP contribution < -0.4 is 17.2 Å². The SMILES string of the molecule is CCC(N)C(c1ccsc1)N(CC(N)=O)CC(N)=O. The Morgan fingerprint density at radius 1 is 1.32 bits per heavy atom. The highest BCUT2D eigenvalue weighted by atomic mass is 32.1. The Morgan fingerprint density at radius 2 is 1.89 bits per heavy atom. The van der Waals surface area contributed by atoms with Gasteiger partial charge in [-0.05, 0) is 28.8 Å². The van der Waals surface area contributed by atoms with Crippen LogP contribution in [0.25, 0.3) is 0 Å². The van der Waals surface area contributed by atoms with Crippen molar-refractivity contribution in [2.24, 2.45) is 17.2 Å². The molecule has 2 atom stereocenters. The molecule has 0 aromatic carbocycles. The first kappa shape index (κ1) is 15.6. The normalized spacial score (nSPS) is 14.3. The van der Waals surface area contributed by atoms with Crippen LogP contribution in [0.1, 0.15) is 24.9 Å². The highest BCUT2D eigenvalue weighted by Crippen LogP contribution is 2.26. The summed E-state index contributed by atoms with van der Waals surface area (Å²) in [6.45, 7) is 1.87. The topological polar surface area (TPSA) is 115 Å². The number of thiophene rings is 1. The summed E-state index contributed by atoms with van der Waals surface area (Å²) >= 11 is 1.54. The Bertz CT molecular complexity index is 405. The van der Waals surface area contributed by atoms with Gasteiger partial charge in [0.2, 0.25) is 11.8 Å². The minimum Gasteiger partial charge on any atom is -0.369 e. The minimum atomic E-state index is -0.509. The lowest BCUT2D eigenvalue weighted by molar-refractivity contribution is -0.123. The van der Waals surface area contributed by atoms with Crippen LogP contribution in [0.3, 0.4) is 0 Å². The van der Waals surface area contributed by atoms with E-state index in [9.17, 15) is 9.59 Å². The van der Waals surface area contributed by atoms with E-state index in [4.69, 9.17) is 17.2 Å². The Morgan fingerprint density at radius 3 is 2.26 bits per heavy atom. The van der Waals surface area contributed by atoms with Crippen molar-refractivity contribution in [2.75, 3.05) is 13.1 Å². The lowest BCUT2D eigenvalue weighted by atomic mass is 9.98. The molecule has 1 heterocycles. The standard InChI is InChI=1S/C12H20N4O2S/c1-2-9(13)12(8-3-4-19-7-8)16(5-10(14)17)6-11(15)18/h3-4,7,9,12H,2,5-6,13H2,1H3,(H2,14,17)(H2,15,18). The number of rotatable bonds is 8. The van der Waals surface area contributed by atoms with Gasteiger partial charge in [0.05, 0.1) is 19.1 Å². The van der Waals surface area contributed by atoms with Gasteiger partial charge in [0.15, 0.2) is 0 Å².